The van der Waals surface area contributed by atoms with Gasteiger partial charge in [0.05, 0.1) is 18.3 Å². The van der Waals surface area contributed by atoms with E-state index in [1.54, 1.807) is 0 Å². The molecule has 1 unspecified atom stereocenters. The van der Waals surface area contributed by atoms with Crippen molar-refractivity contribution >= 4 is 5.91 Å². The summed E-state index contributed by atoms with van der Waals surface area (Å²) < 4.78 is 5.57. The summed E-state index contributed by atoms with van der Waals surface area (Å²) in [5.74, 6) is 0.955. The molecule has 1 heterocycles. The highest BCUT2D eigenvalue weighted by Crippen LogP contribution is 2.41. The van der Waals surface area contributed by atoms with Crippen molar-refractivity contribution in [1.29, 1.82) is 0 Å². The zero-order valence-electron chi connectivity index (χ0n) is 11.2. The second kappa shape index (κ2) is 4.94. The molecule has 4 heteroatoms. The van der Waals surface area contributed by atoms with E-state index < -0.39 is 0 Å². The Morgan fingerprint density at radius 2 is 2.18 bits per heavy atom. The number of amides is 1. The summed E-state index contributed by atoms with van der Waals surface area (Å²) in [4.78, 5) is 14.0. The van der Waals surface area contributed by atoms with Crippen LogP contribution in [0, 0.1) is 5.92 Å². The van der Waals surface area contributed by atoms with E-state index in [0.29, 0.717) is 19.1 Å². The van der Waals surface area contributed by atoms with Crippen LogP contribution in [0.4, 0.5) is 0 Å². The third-order valence-electron chi connectivity index (χ3n) is 3.69. The van der Waals surface area contributed by atoms with E-state index >= 15 is 0 Å². The Bertz CT molecular complexity index is 287. The molecule has 0 bridgehead atoms. The predicted molar refractivity (Wildman–Crippen MR) is 66.5 cm³/mol. The highest BCUT2D eigenvalue weighted by atomic mass is 16.5. The number of hydrogen-bond donors (Lipinski definition) is 1. The summed E-state index contributed by atoms with van der Waals surface area (Å²) in [6, 6.07) is 0. The van der Waals surface area contributed by atoms with Crippen molar-refractivity contribution in [2.45, 2.75) is 51.7 Å². The molecule has 1 aliphatic carbocycles. The topological polar surface area (TPSA) is 41.6 Å². The van der Waals surface area contributed by atoms with Gasteiger partial charge in [0.1, 0.15) is 0 Å². The minimum absolute atomic E-state index is 0.165. The molecule has 17 heavy (non-hydrogen) atoms. The molecule has 1 amide bonds. The average Bonchev–Trinajstić information content (AvgIpc) is 2.98. The molecular weight excluding hydrogens is 216 g/mol. The summed E-state index contributed by atoms with van der Waals surface area (Å²) in [6.07, 6.45) is 3.26. The number of nitrogens with zero attached hydrogens (tertiary/aromatic N) is 1. The summed E-state index contributed by atoms with van der Waals surface area (Å²) in [5, 5.41) is 3.38. The summed E-state index contributed by atoms with van der Waals surface area (Å²) in [7, 11) is 0. The number of hydrogen-bond acceptors (Lipinski definition) is 3. The Labute approximate surface area is 104 Å². The van der Waals surface area contributed by atoms with Crippen molar-refractivity contribution in [3.63, 3.8) is 0 Å². The first-order valence-electron chi connectivity index (χ1n) is 6.72. The Hall–Kier alpha value is -0.610. The second-order valence-corrected chi connectivity index (χ2v) is 5.70. The molecule has 2 rings (SSSR count). The van der Waals surface area contributed by atoms with Crippen LogP contribution in [0.25, 0.3) is 0 Å². The third-order valence-corrected chi connectivity index (χ3v) is 3.69. The van der Waals surface area contributed by atoms with Gasteiger partial charge in [0.15, 0.2) is 0 Å². The van der Waals surface area contributed by atoms with Gasteiger partial charge in [-0.15, -0.1) is 0 Å². The van der Waals surface area contributed by atoms with Crippen LogP contribution in [0.1, 0.15) is 40.0 Å². The van der Waals surface area contributed by atoms with E-state index in [0.717, 1.165) is 25.9 Å². The lowest BCUT2D eigenvalue weighted by molar-refractivity contribution is -0.131. The van der Waals surface area contributed by atoms with E-state index in [-0.39, 0.29) is 17.6 Å². The van der Waals surface area contributed by atoms with Crippen LogP contribution >= 0.6 is 0 Å². The molecule has 1 atom stereocenters. The Morgan fingerprint density at radius 1 is 1.47 bits per heavy atom. The molecule has 1 saturated heterocycles. The summed E-state index contributed by atoms with van der Waals surface area (Å²) in [6.45, 7) is 8.60. The van der Waals surface area contributed by atoms with Crippen molar-refractivity contribution < 1.29 is 9.53 Å². The van der Waals surface area contributed by atoms with Crippen LogP contribution in [0.5, 0.6) is 0 Å². The summed E-state index contributed by atoms with van der Waals surface area (Å²) >= 11 is 0. The summed E-state index contributed by atoms with van der Waals surface area (Å²) in [5.41, 5.74) is -0.183. The molecule has 0 aromatic rings. The van der Waals surface area contributed by atoms with Gasteiger partial charge in [0.25, 0.3) is 0 Å². The van der Waals surface area contributed by atoms with Crippen LogP contribution in [0.15, 0.2) is 0 Å². The maximum absolute atomic E-state index is 12.1. The number of nitrogens with one attached hydrogen (secondary N) is 1. The number of ether oxygens (including phenoxy) is 1. The minimum atomic E-state index is -0.183. The lowest BCUT2D eigenvalue weighted by Gasteiger charge is -2.20. The number of carbonyl (C=O) groups excluding carboxylic acids is 1. The molecule has 2 aliphatic rings. The molecule has 0 aromatic carbocycles. The van der Waals surface area contributed by atoms with Crippen LogP contribution in [0.2, 0.25) is 0 Å². The maximum Gasteiger partial charge on any atom is 0.244 e. The Balaban J connectivity index is 1.67. The third kappa shape index (κ3) is 2.80. The molecule has 4 nitrogen and oxygen atoms in total. The zero-order chi connectivity index (χ0) is 12.5. The fourth-order valence-electron chi connectivity index (χ4n) is 2.35. The maximum atomic E-state index is 12.1. The van der Waals surface area contributed by atoms with Gasteiger partial charge in [0, 0.05) is 13.2 Å². The molecular formula is C13H24N2O2. The van der Waals surface area contributed by atoms with Gasteiger partial charge >= 0.3 is 0 Å². The van der Waals surface area contributed by atoms with Gasteiger partial charge in [-0.3, -0.25) is 10.1 Å². The van der Waals surface area contributed by atoms with Crippen molar-refractivity contribution in [1.82, 2.24) is 10.2 Å². The Kier molecular flexibility index (Phi) is 3.73. The smallest absolute Gasteiger partial charge is 0.244 e. The van der Waals surface area contributed by atoms with E-state index in [4.69, 9.17) is 4.74 Å². The standard InChI is InChI=1S/C13H24N2O2/c1-10(2)4-8-17-9-7-15-11(3)14-13(5-6-13)12(15)16/h10-11,14H,4-9H2,1-3H3. The van der Waals surface area contributed by atoms with Crippen LogP contribution in [-0.4, -0.2) is 42.3 Å². The van der Waals surface area contributed by atoms with Gasteiger partial charge in [-0.25, -0.2) is 0 Å². The first-order valence-corrected chi connectivity index (χ1v) is 6.72. The molecule has 1 N–H and O–H groups in total. The van der Waals surface area contributed by atoms with Gasteiger partial charge in [-0.05, 0) is 32.1 Å². The largest absolute Gasteiger partial charge is 0.380 e. The van der Waals surface area contributed by atoms with Gasteiger partial charge < -0.3 is 9.64 Å². The lowest BCUT2D eigenvalue weighted by atomic mass is 10.1. The fourth-order valence-corrected chi connectivity index (χ4v) is 2.35. The molecule has 0 aromatic heterocycles. The van der Waals surface area contributed by atoms with E-state index in [1.165, 1.54) is 0 Å². The van der Waals surface area contributed by atoms with Crippen molar-refractivity contribution in [3.8, 4) is 0 Å². The van der Waals surface area contributed by atoms with Gasteiger partial charge in [-0.2, -0.15) is 0 Å². The number of carbonyl (C=O) groups is 1. The molecule has 0 radical (unpaired) electrons. The van der Waals surface area contributed by atoms with Crippen LogP contribution in [-0.2, 0) is 9.53 Å². The molecule has 1 aliphatic heterocycles. The molecule has 2 fully saturated rings. The lowest BCUT2D eigenvalue weighted by Crippen LogP contribution is -2.37. The van der Waals surface area contributed by atoms with E-state index in [2.05, 4.69) is 26.1 Å². The van der Waals surface area contributed by atoms with Crippen molar-refractivity contribution in [2.75, 3.05) is 19.8 Å². The fraction of sp³-hybridized carbons (Fsp3) is 0.923. The quantitative estimate of drug-likeness (QED) is 0.713. The Morgan fingerprint density at radius 3 is 2.71 bits per heavy atom. The van der Waals surface area contributed by atoms with Crippen LogP contribution < -0.4 is 5.32 Å². The van der Waals surface area contributed by atoms with Crippen LogP contribution in [0.3, 0.4) is 0 Å². The highest BCUT2D eigenvalue weighted by Gasteiger charge is 2.57. The monoisotopic (exact) mass is 240 g/mol. The second-order valence-electron chi connectivity index (χ2n) is 5.70. The van der Waals surface area contributed by atoms with E-state index in [1.807, 2.05) is 4.90 Å². The SMILES string of the molecule is CC(C)CCOCCN1C(=O)C2(CC2)NC1C. The first-order chi connectivity index (χ1) is 8.05. The van der Waals surface area contributed by atoms with Crippen molar-refractivity contribution in [3.05, 3.63) is 0 Å². The van der Waals surface area contributed by atoms with Crippen molar-refractivity contribution in [2.24, 2.45) is 5.92 Å². The highest BCUT2D eigenvalue weighted by molar-refractivity contribution is 5.91. The molecule has 98 valence electrons. The van der Waals surface area contributed by atoms with E-state index in [9.17, 15) is 4.79 Å². The molecule has 1 saturated carbocycles. The molecule has 1 spiro atoms. The minimum Gasteiger partial charge on any atom is -0.380 e. The predicted octanol–water partition coefficient (Wildman–Crippen LogP) is 1.36. The zero-order valence-corrected chi connectivity index (χ0v) is 11.2. The van der Waals surface area contributed by atoms with Gasteiger partial charge in [0.2, 0.25) is 5.91 Å². The van der Waals surface area contributed by atoms with Gasteiger partial charge in [-0.1, -0.05) is 13.8 Å². The average molecular weight is 240 g/mol. The normalized spacial score (nSPS) is 26.2. The first kappa shape index (κ1) is 12.8. The number of rotatable bonds is 6.